The van der Waals surface area contributed by atoms with Crippen LogP contribution in [0.15, 0.2) is 53.6 Å². The lowest BCUT2D eigenvalue weighted by molar-refractivity contribution is 0.0950. The highest BCUT2D eigenvalue weighted by Crippen LogP contribution is 2.20. The molecule has 0 saturated carbocycles. The summed E-state index contributed by atoms with van der Waals surface area (Å²) in [6, 6.07) is 10.7. The minimum absolute atomic E-state index is 0.0623. The van der Waals surface area contributed by atoms with Crippen LogP contribution in [-0.4, -0.2) is 15.9 Å². The molecular weight excluding hydrogens is 280 g/mol. The molecule has 0 unspecified atom stereocenters. The van der Waals surface area contributed by atoms with E-state index in [1.54, 1.807) is 48.8 Å². The maximum atomic E-state index is 12.3. The van der Waals surface area contributed by atoms with Crippen LogP contribution >= 0.6 is 0 Å². The van der Waals surface area contributed by atoms with E-state index in [1.165, 1.54) is 0 Å². The Labute approximate surface area is 126 Å². The van der Waals surface area contributed by atoms with Crippen LogP contribution in [0.4, 0.5) is 5.69 Å². The standard InChI is InChI=1S/C16H14N4O2/c17-14-11-3-1-2-4-12(11)20-16(22)13(14)15(21)19-9-10-5-7-18-8-6-10/h1-8H,9H2,(H,19,21)(H3,17,20,22). The van der Waals surface area contributed by atoms with E-state index >= 15 is 0 Å². The molecule has 1 amide bonds. The molecule has 0 aliphatic carbocycles. The molecule has 2 heterocycles. The zero-order chi connectivity index (χ0) is 15.5. The Morgan fingerprint density at radius 3 is 2.68 bits per heavy atom. The molecule has 0 saturated heterocycles. The van der Waals surface area contributed by atoms with Crippen molar-refractivity contribution in [2.45, 2.75) is 6.54 Å². The first-order chi connectivity index (χ1) is 10.7. The summed E-state index contributed by atoms with van der Waals surface area (Å²) in [7, 11) is 0. The third kappa shape index (κ3) is 2.54. The van der Waals surface area contributed by atoms with Crippen molar-refractivity contribution in [1.82, 2.24) is 15.3 Å². The maximum Gasteiger partial charge on any atom is 0.263 e. The van der Waals surface area contributed by atoms with E-state index < -0.39 is 11.5 Å². The number of anilines is 1. The molecule has 6 heteroatoms. The molecule has 0 atom stereocenters. The van der Waals surface area contributed by atoms with Crippen molar-refractivity contribution < 1.29 is 4.79 Å². The Balaban J connectivity index is 1.92. The molecule has 3 rings (SSSR count). The highest BCUT2D eigenvalue weighted by Gasteiger charge is 2.17. The highest BCUT2D eigenvalue weighted by molar-refractivity contribution is 6.06. The number of nitrogens with zero attached hydrogens (tertiary/aromatic N) is 1. The Bertz CT molecular complexity index is 888. The number of aromatic nitrogens is 2. The van der Waals surface area contributed by atoms with Gasteiger partial charge >= 0.3 is 0 Å². The molecule has 0 fully saturated rings. The fourth-order valence-electron chi connectivity index (χ4n) is 2.27. The van der Waals surface area contributed by atoms with Gasteiger partial charge in [0, 0.05) is 24.3 Å². The van der Waals surface area contributed by atoms with E-state index in [2.05, 4.69) is 15.3 Å². The number of hydrogen-bond donors (Lipinski definition) is 3. The van der Waals surface area contributed by atoms with Crippen LogP contribution in [-0.2, 0) is 6.54 Å². The van der Waals surface area contributed by atoms with Crippen molar-refractivity contribution in [2.24, 2.45) is 0 Å². The van der Waals surface area contributed by atoms with E-state index in [0.29, 0.717) is 17.4 Å². The van der Waals surface area contributed by atoms with Gasteiger partial charge in [0.15, 0.2) is 0 Å². The van der Waals surface area contributed by atoms with Gasteiger partial charge in [0.05, 0.1) is 11.2 Å². The molecule has 0 bridgehead atoms. The predicted molar refractivity (Wildman–Crippen MR) is 84.4 cm³/mol. The van der Waals surface area contributed by atoms with Crippen molar-refractivity contribution in [2.75, 3.05) is 5.73 Å². The summed E-state index contributed by atoms with van der Waals surface area (Å²) in [4.78, 5) is 31.0. The lowest BCUT2D eigenvalue weighted by Gasteiger charge is -2.09. The van der Waals surface area contributed by atoms with E-state index in [1.807, 2.05) is 0 Å². The lowest BCUT2D eigenvalue weighted by Crippen LogP contribution is -2.30. The van der Waals surface area contributed by atoms with E-state index in [4.69, 9.17) is 5.73 Å². The molecular formula is C16H14N4O2. The Morgan fingerprint density at radius 2 is 1.91 bits per heavy atom. The largest absolute Gasteiger partial charge is 0.397 e. The average Bonchev–Trinajstić information content (AvgIpc) is 2.54. The number of amides is 1. The van der Waals surface area contributed by atoms with Crippen molar-refractivity contribution in [3.8, 4) is 0 Å². The van der Waals surface area contributed by atoms with E-state index in [0.717, 1.165) is 5.56 Å². The summed E-state index contributed by atoms with van der Waals surface area (Å²) < 4.78 is 0. The number of hydrogen-bond acceptors (Lipinski definition) is 4. The summed E-state index contributed by atoms with van der Waals surface area (Å²) >= 11 is 0. The summed E-state index contributed by atoms with van der Waals surface area (Å²) in [6.45, 7) is 0.299. The summed E-state index contributed by atoms with van der Waals surface area (Å²) in [6.07, 6.45) is 3.28. The smallest absolute Gasteiger partial charge is 0.263 e. The Hall–Kier alpha value is -3.15. The molecule has 110 valence electrons. The number of fused-ring (bicyclic) bond motifs is 1. The van der Waals surface area contributed by atoms with Gasteiger partial charge in [-0.2, -0.15) is 0 Å². The van der Waals surface area contributed by atoms with Crippen LogP contribution in [0, 0.1) is 0 Å². The number of carbonyl (C=O) groups excluding carboxylic acids is 1. The minimum atomic E-state index is -0.499. The zero-order valence-electron chi connectivity index (χ0n) is 11.7. The normalized spacial score (nSPS) is 10.5. The third-order valence-electron chi connectivity index (χ3n) is 3.39. The van der Waals surface area contributed by atoms with Gasteiger partial charge in [-0.15, -0.1) is 0 Å². The molecule has 2 aromatic heterocycles. The van der Waals surface area contributed by atoms with Gasteiger partial charge < -0.3 is 16.0 Å². The molecule has 0 aliphatic rings. The van der Waals surface area contributed by atoms with Gasteiger partial charge in [0.25, 0.3) is 11.5 Å². The van der Waals surface area contributed by atoms with Crippen LogP contribution in [0.25, 0.3) is 10.9 Å². The quantitative estimate of drug-likeness (QED) is 0.680. The first-order valence-electron chi connectivity index (χ1n) is 6.74. The second-order valence-electron chi connectivity index (χ2n) is 4.83. The van der Waals surface area contributed by atoms with E-state index in [-0.39, 0.29) is 11.3 Å². The Morgan fingerprint density at radius 1 is 1.18 bits per heavy atom. The third-order valence-corrected chi connectivity index (χ3v) is 3.39. The van der Waals surface area contributed by atoms with Gasteiger partial charge in [0.2, 0.25) is 0 Å². The van der Waals surface area contributed by atoms with Crippen LogP contribution < -0.4 is 16.6 Å². The van der Waals surface area contributed by atoms with Crippen LogP contribution in [0.1, 0.15) is 15.9 Å². The van der Waals surface area contributed by atoms with Gasteiger partial charge in [-0.3, -0.25) is 14.6 Å². The number of carbonyl (C=O) groups is 1. The molecule has 0 spiro atoms. The predicted octanol–water partition coefficient (Wildman–Crippen LogP) is 1.44. The second kappa shape index (κ2) is 5.69. The van der Waals surface area contributed by atoms with E-state index in [9.17, 15) is 9.59 Å². The molecule has 22 heavy (non-hydrogen) atoms. The summed E-state index contributed by atoms with van der Waals surface area (Å²) in [5, 5.41) is 3.34. The SMILES string of the molecule is Nc1c(C(=O)NCc2ccncc2)c(=O)[nH]c2ccccc12. The van der Waals surface area contributed by atoms with Gasteiger partial charge in [-0.05, 0) is 23.8 Å². The number of para-hydroxylation sites is 1. The number of pyridine rings is 2. The molecule has 4 N–H and O–H groups in total. The fourth-order valence-corrected chi connectivity index (χ4v) is 2.27. The van der Waals surface area contributed by atoms with Crippen LogP contribution in [0.5, 0.6) is 0 Å². The number of rotatable bonds is 3. The first-order valence-corrected chi connectivity index (χ1v) is 6.74. The highest BCUT2D eigenvalue weighted by atomic mass is 16.2. The van der Waals surface area contributed by atoms with Crippen molar-refractivity contribution in [3.05, 3.63) is 70.3 Å². The average molecular weight is 294 g/mol. The van der Waals surface area contributed by atoms with Crippen LogP contribution in [0.2, 0.25) is 0 Å². The fraction of sp³-hybridized carbons (Fsp3) is 0.0625. The van der Waals surface area contributed by atoms with Crippen LogP contribution in [0.3, 0.4) is 0 Å². The molecule has 1 aromatic carbocycles. The number of nitrogens with two attached hydrogens (primary N) is 1. The molecule has 0 radical (unpaired) electrons. The number of benzene rings is 1. The topological polar surface area (TPSA) is 101 Å². The van der Waals surface area contributed by atoms with Crippen molar-refractivity contribution in [3.63, 3.8) is 0 Å². The van der Waals surface area contributed by atoms with Crippen molar-refractivity contribution >= 4 is 22.5 Å². The number of H-pyrrole nitrogens is 1. The first kappa shape index (κ1) is 13.8. The van der Waals surface area contributed by atoms with Crippen molar-refractivity contribution in [1.29, 1.82) is 0 Å². The van der Waals surface area contributed by atoms with Gasteiger partial charge in [0.1, 0.15) is 5.56 Å². The lowest BCUT2D eigenvalue weighted by atomic mass is 10.1. The summed E-state index contributed by atoms with van der Waals surface area (Å²) in [5.74, 6) is -0.499. The Kier molecular flexibility index (Phi) is 3.57. The van der Waals surface area contributed by atoms with Gasteiger partial charge in [-0.1, -0.05) is 18.2 Å². The minimum Gasteiger partial charge on any atom is -0.397 e. The van der Waals surface area contributed by atoms with Gasteiger partial charge in [-0.25, -0.2) is 0 Å². The molecule has 0 aliphatic heterocycles. The molecule has 3 aromatic rings. The molecule has 6 nitrogen and oxygen atoms in total. The maximum absolute atomic E-state index is 12.3. The number of nitrogens with one attached hydrogen (secondary N) is 2. The monoisotopic (exact) mass is 294 g/mol. The number of aromatic amines is 1. The zero-order valence-corrected chi connectivity index (χ0v) is 11.7. The second-order valence-corrected chi connectivity index (χ2v) is 4.83. The summed E-state index contributed by atoms with van der Waals surface area (Å²) in [5.41, 5.74) is 7.12. The number of nitrogen functional groups attached to an aromatic ring is 1.